The van der Waals surface area contributed by atoms with Crippen LogP contribution in [0.25, 0.3) is 0 Å². The summed E-state index contributed by atoms with van der Waals surface area (Å²) < 4.78 is 0. The quantitative estimate of drug-likeness (QED) is 0.816. The van der Waals surface area contributed by atoms with Crippen LogP contribution in [0.3, 0.4) is 0 Å². The number of pyridine rings is 1. The summed E-state index contributed by atoms with van der Waals surface area (Å²) in [6.07, 6.45) is 1.91. The normalized spacial score (nSPS) is 22.9. The third-order valence-electron chi connectivity index (χ3n) is 4.03. The molecule has 1 fully saturated rings. The van der Waals surface area contributed by atoms with Gasteiger partial charge < -0.3 is 0 Å². The highest BCUT2D eigenvalue weighted by molar-refractivity contribution is 5.12. The van der Waals surface area contributed by atoms with E-state index in [-0.39, 0.29) is 5.54 Å². The summed E-state index contributed by atoms with van der Waals surface area (Å²) in [5, 5.41) is 0. The fourth-order valence-corrected chi connectivity index (χ4v) is 2.90. The van der Waals surface area contributed by atoms with Crippen molar-refractivity contribution in [2.24, 2.45) is 0 Å². The minimum atomic E-state index is 0.186. The van der Waals surface area contributed by atoms with Gasteiger partial charge in [-0.3, -0.25) is 14.8 Å². The van der Waals surface area contributed by atoms with Gasteiger partial charge in [-0.15, -0.1) is 0 Å². The summed E-state index contributed by atoms with van der Waals surface area (Å²) in [5.41, 5.74) is 1.38. The van der Waals surface area contributed by atoms with Gasteiger partial charge in [0.15, 0.2) is 0 Å². The Kier molecular flexibility index (Phi) is 4.26. The molecule has 0 spiro atoms. The summed E-state index contributed by atoms with van der Waals surface area (Å²) in [5.74, 6) is 0. The van der Waals surface area contributed by atoms with E-state index >= 15 is 0 Å². The first kappa shape index (κ1) is 14.5. The first-order valence-corrected chi connectivity index (χ1v) is 7.31. The van der Waals surface area contributed by atoms with Gasteiger partial charge in [0.05, 0.1) is 11.7 Å². The third kappa shape index (κ3) is 3.34. The van der Waals surface area contributed by atoms with Crippen LogP contribution in [-0.4, -0.2) is 46.0 Å². The van der Waals surface area contributed by atoms with Gasteiger partial charge >= 0.3 is 0 Å². The second-order valence-corrected chi connectivity index (χ2v) is 6.72. The van der Waals surface area contributed by atoms with Crippen molar-refractivity contribution >= 4 is 0 Å². The van der Waals surface area contributed by atoms with E-state index in [9.17, 15) is 0 Å². The van der Waals surface area contributed by atoms with E-state index in [1.165, 1.54) is 5.69 Å². The highest BCUT2D eigenvalue weighted by Gasteiger charge is 2.35. The fraction of sp³-hybridized carbons (Fsp3) is 0.688. The minimum Gasteiger partial charge on any atom is -0.298 e. The molecule has 0 amide bonds. The van der Waals surface area contributed by atoms with Crippen molar-refractivity contribution in [3.8, 4) is 0 Å². The summed E-state index contributed by atoms with van der Waals surface area (Å²) in [6, 6.07) is 7.25. The Labute approximate surface area is 117 Å². The molecule has 2 heterocycles. The zero-order chi connectivity index (χ0) is 14.0. The molecule has 3 heteroatoms. The van der Waals surface area contributed by atoms with Crippen molar-refractivity contribution < 1.29 is 0 Å². The molecule has 1 saturated heterocycles. The molecule has 1 unspecified atom stereocenters. The molecule has 1 aliphatic rings. The van der Waals surface area contributed by atoms with E-state index < -0.39 is 0 Å². The summed E-state index contributed by atoms with van der Waals surface area (Å²) in [6.45, 7) is 14.8. The van der Waals surface area contributed by atoms with Gasteiger partial charge in [-0.25, -0.2) is 0 Å². The molecule has 1 atom stereocenters. The first-order chi connectivity index (χ1) is 8.89. The molecule has 1 aromatic heterocycles. The van der Waals surface area contributed by atoms with Crippen LogP contribution in [0.15, 0.2) is 24.4 Å². The van der Waals surface area contributed by atoms with Gasteiger partial charge in [-0.1, -0.05) is 6.07 Å². The molecule has 0 aromatic carbocycles. The highest BCUT2D eigenvalue weighted by atomic mass is 15.3. The van der Waals surface area contributed by atoms with Gasteiger partial charge in [-0.2, -0.15) is 0 Å². The van der Waals surface area contributed by atoms with E-state index in [4.69, 9.17) is 0 Å². The van der Waals surface area contributed by atoms with Crippen LogP contribution < -0.4 is 0 Å². The summed E-state index contributed by atoms with van der Waals surface area (Å²) in [4.78, 5) is 9.74. The molecule has 0 radical (unpaired) electrons. The lowest BCUT2D eigenvalue weighted by molar-refractivity contribution is -0.00346. The summed E-state index contributed by atoms with van der Waals surface area (Å²) >= 11 is 0. The summed E-state index contributed by atoms with van der Waals surface area (Å²) in [7, 11) is 0. The number of aromatic nitrogens is 1. The van der Waals surface area contributed by atoms with Crippen LogP contribution in [0.2, 0.25) is 0 Å². The maximum absolute atomic E-state index is 4.59. The molecular weight excluding hydrogens is 234 g/mol. The predicted octanol–water partition coefficient (Wildman–Crippen LogP) is 2.95. The molecule has 1 aliphatic heterocycles. The molecule has 106 valence electrons. The van der Waals surface area contributed by atoms with E-state index in [1.54, 1.807) is 0 Å². The monoisotopic (exact) mass is 261 g/mol. The topological polar surface area (TPSA) is 19.4 Å². The maximum atomic E-state index is 4.59. The Morgan fingerprint density at radius 2 is 1.95 bits per heavy atom. The van der Waals surface area contributed by atoms with E-state index in [1.807, 2.05) is 12.3 Å². The number of hydrogen-bond acceptors (Lipinski definition) is 3. The van der Waals surface area contributed by atoms with Gasteiger partial charge in [-0.05, 0) is 46.8 Å². The molecule has 3 nitrogen and oxygen atoms in total. The smallest absolute Gasteiger partial charge is 0.0654 e. The second-order valence-electron chi connectivity index (χ2n) is 6.72. The van der Waals surface area contributed by atoms with Crippen LogP contribution in [0.5, 0.6) is 0 Å². The van der Waals surface area contributed by atoms with Crippen molar-refractivity contribution in [3.05, 3.63) is 30.1 Å². The average molecular weight is 261 g/mol. The van der Waals surface area contributed by atoms with Gasteiger partial charge in [0.25, 0.3) is 0 Å². The van der Waals surface area contributed by atoms with Gasteiger partial charge in [0, 0.05) is 37.4 Å². The van der Waals surface area contributed by atoms with Crippen LogP contribution in [-0.2, 0) is 0 Å². The Morgan fingerprint density at radius 3 is 2.47 bits per heavy atom. The Hall–Kier alpha value is -0.930. The largest absolute Gasteiger partial charge is 0.298 e. The first-order valence-electron chi connectivity index (χ1n) is 7.31. The zero-order valence-corrected chi connectivity index (χ0v) is 12.9. The van der Waals surface area contributed by atoms with Crippen molar-refractivity contribution in [1.82, 2.24) is 14.8 Å². The third-order valence-corrected chi connectivity index (χ3v) is 4.03. The van der Waals surface area contributed by atoms with Crippen LogP contribution in [0.4, 0.5) is 0 Å². The molecule has 0 N–H and O–H groups in total. The molecule has 0 saturated carbocycles. The number of hydrogen-bond donors (Lipinski definition) is 0. The molecular formula is C16H27N3. The Morgan fingerprint density at radius 1 is 1.21 bits per heavy atom. The van der Waals surface area contributed by atoms with E-state index in [0.29, 0.717) is 12.1 Å². The maximum Gasteiger partial charge on any atom is 0.0654 e. The second kappa shape index (κ2) is 5.59. The van der Waals surface area contributed by atoms with Crippen LogP contribution in [0, 0.1) is 0 Å². The fourth-order valence-electron chi connectivity index (χ4n) is 2.90. The molecule has 19 heavy (non-hydrogen) atoms. The zero-order valence-electron chi connectivity index (χ0n) is 12.9. The van der Waals surface area contributed by atoms with Crippen molar-refractivity contribution in [1.29, 1.82) is 0 Å². The van der Waals surface area contributed by atoms with Crippen molar-refractivity contribution in [2.45, 2.75) is 52.2 Å². The molecule has 0 bridgehead atoms. The minimum absolute atomic E-state index is 0.186. The van der Waals surface area contributed by atoms with Gasteiger partial charge in [0.2, 0.25) is 0 Å². The predicted molar refractivity (Wildman–Crippen MR) is 80.1 cm³/mol. The lowest BCUT2D eigenvalue weighted by Crippen LogP contribution is -2.56. The number of rotatable bonds is 2. The average Bonchev–Trinajstić information content (AvgIpc) is 2.38. The SMILES string of the molecule is CC(C)N1CCN(C(C)(C)C)C(c2ccccn2)C1. The number of nitrogens with zero attached hydrogens (tertiary/aromatic N) is 3. The van der Waals surface area contributed by atoms with Crippen LogP contribution >= 0.6 is 0 Å². The Bertz CT molecular complexity index is 394. The Balaban J connectivity index is 2.26. The standard InChI is InChI=1S/C16H27N3/c1-13(2)18-10-11-19(16(3,4)5)15(12-18)14-8-6-7-9-17-14/h6-9,13,15H,10-12H2,1-5H3. The van der Waals surface area contributed by atoms with Crippen molar-refractivity contribution in [3.63, 3.8) is 0 Å². The van der Waals surface area contributed by atoms with Crippen LogP contribution in [0.1, 0.15) is 46.4 Å². The highest BCUT2D eigenvalue weighted by Crippen LogP contribution is 2.31. The van der Waals surface area contributed by atoms with E-state index in [0.717, 1.165) is 19.6 Å². The van der Waals surface area contributed by atoms with Gasteiger partial charge in [0.1, 0.15) is 0 Å². The molecule has 2 rings (SSSR count). The van der Waals surface area contributed by atoms with Crippen molar-refractivity contribution in [2.75, 3.05) is 19.6 Å². The lowest BCUT2D eigenvalue weighted by atomic mass is 9.97. The molecule has 0 aliphatic carbocycles. The number of piperazine rings is 1. The lowest BCUT2D eigenvalue weighted by Gasteiger charge is -2.48. The van der Waals surface area contributed by atoms with E-state index in [2.05, 4.69) is 61.5 Å². The molecule has 1 aromatic rings.